The van der Waals surface area contributed by atoms with Crippen molar-refractivity contribution >= 4 is 11.8 Å². The summed E-state index contributed by atoms with van der Waals surface area (Å²) in [7, 11) is 0. The Hall–Kier alpha value is -1.64. The molecule has 0 bridgehead atoms. The van der Waals surface area contributed by atoms with E-state index < -0.39 is 11.4 Å². The zero-order chi connectivity index (χ0) is 12.5. The lowest BCUT2D eigenvalue weighted by atomic mass is 9.69. The minimum Gasteiger partial charge on any atom is -0.481 e. The molecule has 0 aliphatic heterocycles. The van der Waals surface area contributed by atoms with Crippen LogP contribution in [0, 0.1) is 5.41 Å². The molecule has 2 rings (SSSR count). The Kier molecular flexibility index (Phi) is 3.01. The van der Waals surface area contributed by atoms with Gasteiger partial charge in [0.25, 0.3) is 0 Å². The van der Waals surface area contributed by atoms with E-state index >= 15 is 0 Å². The number of rotatable bonds is 3. The maximum Gasteiger partial charge on any atom is 0.303 e. The molecule has 0 amide bonds. The fourth-order valence-corrected chi connectivity index (χ4v) is 2.43. The van der Waals surface area contributed by atoms with Crippen LogP contribution in [0.2, 0.25) is 0 Å². The first-order valence-electron chi connectivity index (χ1n) is 5.87. The molecule has 0 saturated heterocycles. The van der Waals surface area contributed by atoms with Gasteiger partial charge < -0.3 is 5.11 Å². The van der Waals surface area contributed by atoms with Crippen LogP contribution in [0.5, 0.6) is 0 Å². The molecule has 0 saturated carbocycles. The van der Waals surface area contributed by atoms with E-state index in [1.54, 1.807) is 0 Å². The van der Waals surface area contributed by atoms with Gasteiger partial charge >= 0.3 is 5.97 Å². The number of carbonyl (C=O) groups excluding carboxylic acids is 1. The number of carboxylic acids is 1. The highest BCUT2D eigenvalue weighted by Crippen LogP contribution is 2.38. The van der Waals surface area contributed by atoms with Crippen LogP contribution in [-0.2, 0) is 11.2 Å². The molecule has 1 aromatic carbocycles. The number of ketones is 1. The molecule has 1 aliphatic carbocycles. The Morgan fingerprint density at radius 1 is 1.41 bits per heavy atom. The number of fused-ring (bicyclic) bond motifs is 1. The molecule has 90 valence electrons. The van der Waals surface area contributed by atoms with Gasteiger partial charge in [-0.1, -0.05) is 31.2 Å². The van der Waals surface area contributed by atoms with Crippen LogP contribution in [0.15, 0.2) is 24.3 Å². The summed E-state index contributed by atoms with van der Waals surface area (Å²) >= 11 is 0. The van der Waals surface area contributed by atoms with Crippen molar-refractivity contribution < 1.29 is 14.7 Å². The highest BCUT2D eigenvalue weighted by molar-refractivity contribution is 6.02. The second kappa shape index (κ2) is 4.32. The zero-order valence-corrected chi connectivity index (χ0v) is 9.90. The second-order valence-corrected chi connectivity index (χ2v) is 4.94. The van der Waals surface area contributed by atoms with E-state index in [-0.39, 0.29) is 12.2 Å². The molecule has 0 spiro atoms. The standard InChI is InChI=1S/C14H16O3/c1-14(9-7-12(15)16)8-6-10-4-2-3-5-11(10)13(14)17/h2-5H,6-9H2,1H3,(H,15,16). The Morgan fingerprint density at radius 3 is 2.82 bits per heavy atom. The van der Waals surface area contributed by atoms with Gasteiger partial charge in [0, 0.05) is 17.4 Å². The van der Waals surface area contributed by atoms with Gasteiger partial charge in [-0.25, -0.2) is 0 Å². The molecule has 1 atom stereocenters. The van der Waals surface area contributed by atoms with Gasteiger partial charge in [0.1, 0.15) is 0 Å². The lowest BCUT2D eigenvalue weighted by Crippen LogP contribution is -2.33. The summed E-state index contributed by atoms with van der Waals surface area (Å²) in [5.41, 5.74) is 1.35. The second-order valence-electron chi connectivity index (χ2n) is 4.94. The van der Waals surface area contributed by atoms with Crippen molar-refractivity contribution in [3.63, 3.8) is 0 Å². The van der Waals surface area contributed by atoms with Crippen LogP contribution >= 0.6 is 0 Å². The number of hydrogen-bond donors (Lipinski definition) is 1. The first kappa shape index (κ1) is 11.8. The molecule has 3 nitrogen and oxygen atoms in total. The van der Waals surface area contributed by atoms with E-state index in [0.29, 0.717) is 6.42 Å². The largest absolute Gasteiger partial charge is 0.481 e. The van der Waals surface area contributed by atoms with E-state index in [2.05, 4.69) is 0 Å². The van der Waals surface area contributed by atoms with E-state index in [4.69, 9.17) is 5.11 Å². The van der Waals surface area contributed by atoms with Crippen LogP contribution < -0.4 is 0 Å². The quantitative estimate of drug-likeness (QED) is 0.871. The lowest BCUT2D eigenvalue weighted by molar-refractivity contribution is -0.137. The molecule has 1 N–H and O–H groups in total. The summed E-state index contributed by atoms with van der Waals surface area (Å²) in [6, 6.07) is 7.62. The van der Waals surface area contributed by atoms with Gasteiger partial charge in [-0.15, -0.1) is 0 Å². The average molecular weight is 232 g/mol. The molecular formula is C14H16O3. The van der Waals surface area contributed by atoms with Crippen molar-refractivity contribution in [1.82, 2.24) is 0 Å². The van der Waals surface area contributed by atoms with E-state index in [9.17, 15) is 9.59 Å². The van der Waals surface area contributed by atoms with Gasteiger partial charge in [-0.05, 0) is 24.8 Å². The summed E-state index contributed by atoms with van der Waals surface area (Å²) in [4.78, 5) is 23.0. The third kappa shape index (κ3) is 2.23. The Bertz CT molecular complexity index is 464. The van der Waals surface area contributed by atoms with Crippen LogP contribution in [0.3, 0.4) is 0 Å². The van der Waals surface area contributed by atoms with Gasteiger partial charge in [-0.2, -0.15) is 0 Å². The molecule has 3 heteroatoms. The molecule has 1 aliphatic rings. The summed E-state index contributed by atoms with van der Waals surface area (Å²) in [6.45, 7) is 1.88. The van der Waals surface area contributed by atoms with Gasteiger partial charge in [0.05, 0.1) is 0 Å². The Labute approximate surface area is 100 Å². The maximum atomic E-state index is 12.4. The van der Waals surface area contributed by atoms with Crippen LogP contribution in [0.25, 0.3) is 0 Å². The first-order valence-corrected chi connectivity index (χ1v) is 5.87. The third-order valence-corrected chi connectivity index (χ3v) is 3.65. The number of hydrogen-bond acceptors (Lipinski definition) is 2. The van der Waals surface area contributed by atoms with E-state index in [1.807, 2.05) is 31.2 Å². The predicted molar refractivity (Wildman–Crippen MR) is 64.1 cm³/mol. The van der Waals surface area contributed by atoms with Crippen molar-refractivity contribution in [3.8, 4) is 0 Å². The molecule has 17 heavy (non-hydrogen) atoms. The number of carbonyl (C=O) groups is 2. The van der Waals surface area contributed by atoms with Crippen LogP contribution in [0.4, 0.5) is 0 Å². The highest BCUT2D eigenvalue weighted by atomic mass is 16.4. The molecule has 0 fully saturated rings. The van der Waals surface area contributed by atoms with Gasteiger partial charge in [0.2, 0.25) is 0 Å². The van der Waals surface area contributed by atoms with Crippen molar-refractivity contribution in [3.05, 3.63) is 35.4 Å². The number of Topliss-reactive ketones (excluding diaryl/α,β-unsaturated/α-hetero) is 1. The van der Waals surface area contributed by atoms with Gasteiger partial charge in [0.15, 0.2) is 5.78 Å². The van der Waals surface area contributed by atoms with Crippen LogP contribution in [-0.4, -0.2) is 16.9 Å². The molecule has 0 aromatic heterocycles. The minimum atomic E-state index is -0.835. The monoisotopic (exact) mass is 232 g/mol. The fourth-order valence-electron chi connectivity index (χ4n) is 2.43. The maximum absolute atomic E-state index is 12.4. The molecule has 1 unspecified atom stereocenters. The van der Waals surface area contributed by atoms with E-state index in [1.165, 1.54) is 0 Å². The fraction of sp³-hybridized carbons (Fsp3) is 0.429. The van der Waals surface area contributed by atoms with Crippen molar-refractivity contribution in [2.45, 2.75) is 32.6 Å². The number of benzene rings is 1. The Balaban J connectivity index is 2.24. The number of aliphatic carboxylic acids is 1. The van der Waals surface area contributed by atoms with Crippen molar-refractivity contribution in [2.75, 3.05) is 0 Å². The minimum absolute atomic E-state index is 0.0599. The van der Waals surface area contributed by atoms with Crippen LogP contribution in [0.1, 0.15) is 42.1 Å². The highest BCUT2D eigenvalue weighted by Gasteiger charge is 2.38. The first-order chi connectivity index (χ1) is 8.03. The van der Waals surface area contributed by atoms with Crippen molar-refractivity contribution in [1.29, 1.82) is 0 Å². The third-order valence-electron chi connectivity index (χ3n) is 3.65. The molecule has 0 radical (unpaired) electrons. The topological polar surface area (TPSA) is 54.4 Å². The van der Waals surface area contributed by atoms with Gasteiger partial charge in [-0.3, -0.25) is 9.59 Å². The smallest absolute Gasteiger partial charge is 0.303 e. The molecule has 1 aromatic rings. The van der Waals surface area contributed by atoms with E-state index in [0.717, 1.165) is 24.0 Å². The average Bonchev–Trinajstić information content (AvgIpc) is 2.32. The molecule has 0 heterocycles. The predicted octanol–water partition coefficient (Wildman–Crippen LogP) is 2.69. The summed E-state index contributed by atoms with van der Waals surface area (Å²) < 4.78 is 0. The number of carboxylic acid groups (broad SMARTS) is 1. The normalized spacial score (nSPS) is 23.2. The summed E-state index contributed by atoms with van der Waals surface area (Å²) in [5, 5.41) is 8.73. The number of aryl methyl sites for hydroxylation is 1. The SMILES string of the molecule is CC1(CCC(=O)O)CCc2ccccc2C1=O. The summed E-state index contributed by atoms with van der Waals surface area (Å²) in [5.74, 6) is -0.738. The Morgan fingerprint density at radius 2 is 2.12 bits per heavy atom. The zero-order valence-electron chi connectivity index (χ0n) is 9.90. The van der Waals surface area contributed by atoms with Crippen molar-refractivity contribution in [2.24, 2.45) is 5.41 Å². The molecular weight excluding hydrogens is 216 g/mol. The summed E-state index contributed by atoms with van der Waals surface area (Å²) in [6.07, 6.45) is 2.09. The lowest BCUT2D eigenvalue weighted by Gasteiger charge is -2.32.